The van der Waals surface area contributed by atoms with Gasteiger partial charge in [-0.1, -0.05) is 32.1 Å². The van der Waals surface area contributed by atoms with Gasteiger partial charge in [0.2, 0.25) is 0 Å². The van der Waals surface area contributed by atoms with E-state index in [4.69, 9.17) is 0 Å². The third-order valence-corrected chi connectivity index (χ3v) is 7.50. The fourth-order valence-corrected chi connectivity index (χ4v) is 4.79. The second kappa shape index (κ2) is 10.0. The third kappa shape index (κ3) is 5.67. The Labute approximate surface area is 189 Å². The van der Waals surface area contributed by atoms with E-state index >= 15 is 0 Å². The fourth-order valence-electron chi connectivity index (χ4n) is 4.79. The molecule has 0 aromatic heterocycles. The van der Waals surface area contributed by atoms with E-state index in [0.717, 1.165) is 77.0 Å². The summed E-state index contributed by atoms with van der Waals surface area (Å²) in [5.41, 5.74) is 0.248. The molecule has 0 heterocycles. The van der Waals surface area contributed by atoms with Gasteiger partial charge in [-0.25, -0.2) is 0 Å². The van der Waals surface area contributed by atoms with E-state index < -0.39 is 22.8 Å². The van der Waals surface area contributed by atoms with Crippen LogP contribution in [0.3, 0.4) is 0 Å². The van der Waals surface area contributed by atoms with Crippen LogP contribution in [0.5, 0.6) is 17.2 Å². The molecule has 0 radical (unpaired) electrons. The summed E-state index contributed by atoms with van der Waals surface area (Å²) in [5, 5.41) is 49.1. The first-order valence-corrected chi connectivity index (χ1v) is 11.9. The van der Waals surface area contributed by atoms with Crippen molar-refractivity contribution in [1.82, 2.24) is 0 Å². The molecule has 0 bridgehead atoms. The number of carbonyl (C=O) groups is 2. The molecule has 1 aromatic carbocycles. The molecule has 2 saturated carbocycles. The molecule has 0 amide bonds. The number of benzene rings is 1. The van der Waals surface area contributed by atoms with Gasteiger partial charge in [0.05, 0.1) is 10.8 Å². The van der Waals surface area contributed by atoms with Gasteiger partial charge < -0.3 is 25.5 Å². The molecule has 0 unspecified atom stereocenters. The summed E-state index contributed by atoms with van der Waals surface area (Å²) in [5.74, 6) is -1.90. The third-order valence-electron chi connectivity index (χ3n) is 7.50. The summed E-state index contributed by atoms with van der Waals surface area (Å²) >= 11 is 0. The molecule has 0 spiro atoms. The van der Waals surface area contributed by atoms with Crippen molar-refractivity contribution < 1.29 is 35.1 Å². The number of hydrogen-bond donors (Lipinski definition) is 5. The number of phenols is 3. The van der Waals surface area contributed by atoms with E-state index in [1.165, 1.54) is 6.07 Å². The Balaban J connectivity index is 1.44. The van der Waals surface area contributed by atoms with Gasteiger partial charge in [-0.15, -0.1) is 0 Å². The van der Waals surface area contributed by atoms with E-state index in [2.05, 4.69) is 0 Å². The minimum Gasteiger partial charge on any atom is -0.508 e. The number of aliphatic carboxylic acids is 2. The summed E-state index contributed by atoms with van der Waals surface area (Å²) in [6.07, 6.45) is 11.5. The van der Waals surface area contributed by atoms with Gasteiger partial charge >= 0.3 is 11.9 Å². The Hall–Kier alpha value is -2.44. The van der Waals surface area contributed by atoms with Crippen LogP contribution in [0.4, 0.5) is 0 Å². The molecule has 0 atom stereocenters. The fraction of sp³-hybridized carbons (Fsp3) is 0.680. The second-order valence-electron chi connectivity index (χ2n) is 9.87. The maximum atomic E-state index is 11.3. The number of hydrogen-bond acceptors (Lipinski definition) is 5. The average Bonchev–Trinajstić information content (AvgIpc) is 3.65. The van der Waals surface area contributed by atoms with Crippen molar-refractivity contribution in [2.24, 2.45) is 10.8 Å². The van der Waals surface area contributed by atoms with E-state index in [-0.39, 0.29) is 17.2 Å². The second-order valence-corrected chi connectivity index (χ2v) is 9.87. The van der Waals surface area contributed by atoms with E-state index in [9.17, 15) is 35.1 Å². The van der Waals surface area contributed by atoms with E-state index in [1.807, 2.05) is 0 Å². The number of phenolic OH excluding ortho intramolecular Hbond substituents is 3. The Bertz CT molecular complexity index is 837. The van der Waals surface area contributed by atoms with Crippen molar-refractivity contribution in [1.29, 1.82) is 0 Å². The van der Waals surface area contributed by atoms with Crippen LogP contribution >= 0.6 is 0 Å². The minimum absolute atomic E-state index is 0.0170. The zero-order chi connectivity index (χ0) is 23.4. The first-order valence-electron chi connectivity index (χ1n) is 11.9. The standard InChI is InChI=1S/C25H36O7/c26-19-16-20(27)21(28)18(9-4-1-2-6-10-24(12-13-24)22(29)30)17(19)8-5-3-7-11-25(14-15-25)23(31)32/h16,26-28H,1-15H2,(H,29,30)(H,31,32). The molecule has 5 N–H and O–H groups in total. The number of carboxylic acid groups (broad SMARTS) is 2. The van der Waals surface area contributed by atoms with Gasteiger partial charge in [-0.05, 0) is 64.2 Å². The highest BCUT2D eigenvalue weighted by Crippen LogP contribution is 2.51. The lowest BCUT2D eigenvalue weighted by molar-refractivity contribution is -0.144. The SMILES string of the molecule is O=C(O)C1(CCCCCCc2c(O)c(O)cc(O)c2CCCCCC2(C(=O)O)CC2)CC1. The highest BCUT2D eigenvalue weighted by Gasteiger charge is 2.49. The predicted octanol–water partition coefficient (Wildman–Crippen LogP) is 5.13. The van der Waals surface area contributed by atoms with Crippen LogP contribution in [-0.2, 0) is 22.4 Å². The lowest BCUT2D eigenvalue weighted by atomic mass is 9.92. The van der Waals surface area contributed by atoms with Crippen LogP contribution < -0.4 is 0 Å². The maximum Gasteiger partial charge on any atom is 0.309 e. The number of carboxylic acids is 2. The van der Waals surface area contributed by atoms with Crippen LogP contribution in [0.15, 0.2) is 6.07 Å². The molecule has 2 fully saturated rings. The summed E-state index contributed by atoms with van der Waals surface area (Å²) in [6, 6.07) is 1.18. The molecule has 178 valence electrons. The summed E-state index contributed by atoms with van der Waals surface area (Å²) < 4.78 is 0. The number of unbranched alkanes of at least 4 members (excludes halogenated alkanes) is 5. The quantitative estimate of drug-likeness (QED) is 0.143. The van der Waals surface area contributed by atoms with Crippen LogP contribution in [0, 0.1) is 10.8 Å². The van der Waals surface area contributed by atoms with Crippen LogP contribution in [0.2, 0.25) is 0 Å². The van der Waals surface area contributed by atoms with Gasteiger partial charge in [0.15, 0.2) is 11.5 Å². The summed E-state index contributed by atoms with van der Waals surface area (Å²) in [7, 11) is 0. The smallest absolute Gasteiger partial charge is 0.309 e. The molecular weight excluding hydrogens is 412 g/mol. The van der Waals surface area contributed by atoms with Crippen molar-refractivity contribution in [3.8, 4) is 17.2 Å². The lowest BCUT2D eigenvalue weighted by Gasteiger charge is -2.15. The Morgan fingerprint density at radius 1 is 0.656 bits per heavy atom. The molecule has 2 aliphatic carbocycles. The predicted molar refractivity (Wildman–Crippen MR) is 119 cm³/mol. The van der Waals surface area contributed by atoms with Crippen LogP contribution in [-0.4, -0.2) is 37.5 Å². The zero-order valence-corrected chi connectivity index (χ0v) is 18.7. The van der Waals surface area contributed by atoms with Gasteiger partial charge in [-0.2, -0.15) is 0 Å². The number of rotatable bonds is 15. The van der Waals surface area contributed by atoms with Crippen LogP contribution in [0.1, 0.15) is 94.6 Å². The number of aromatic hydroxyl groups is 3. The normalized spacial score (nSPS) is 17.8. The maximum absolute atomic E-state index is 11.3. The Morgan fingerprint density at radius 2 is 1.09 bits per heavy atom. The van der Waals surface area contributed by atoms with Crippen molar-refractivity contribution in [2.45, 2.75) is 96.3 Å². The highest BCUT2D eigenvalue weighted by molar-refractivity contribution is 5.78. The molecule has 3 rings (SSSR count). The lowest BCUT2D eigenvalue weighted by Crippen LogP contribution is -2.14. The topological polar surface area (TPSA) is 135 Å². The first kappa shape index (κ1) is 24.2. The van der Waals surface area contributed by atoms with Crippen molar-refractivity contribution in [3.63, 3.8) is 0 Å². The summed E-state index contributed by atoms with van der Waals surface area (Å²) in [4.78, 5) is 22.5. The molecule has 0 aliphatic heterocycles. The average molecular weight is 449 g/mol. The molecular formula is C25H36O7. The minimum atomic E-state index is -0.698. The van der Waals surface area contributed by atoms with E-state index in [1.54, 1.807) is 0 Å². The van der Waals surface area contributed by atoms with E-state index in [0.29, 0.717) is 30.4 Å². The molecule has 32 heavy (non-hydrogen) atoms. The highest BCUT2D eigenvalue weighted by atomic mass is 16.4. The van der Waals surface area contributed by atoms with Crippen LogP contribution in [0.25, 0.3) is 0 Å². The zero-order valence-electron chi connectivity index (χ0n) is 18.7. The molecule has 7 heteroatoms. The molecule has 1 aromatic rings. The Kier molecular flexibility index (Phi) is 7.57. The molecule has 2 aliphatic rings. The van der Waals surface area contributed by atoms with Gasteiger partial charge in [0.25, 0.3) is 0 Å². The largest absolute Gasteiger partial charge is 0.508 e. The van der Waals surface area contributed by atoms with Gasteiger partial charge in [0.1, 0.15) is 5.75 Å². The van der Waals surface area contributed by atoms with Gasteiger partial charge in [-0.3, -0.25) is 9.59 Å². The molecule has 7 nitrogen and oxygen atoms in total. The molecule has 0 saturated heterocycles. The Morgan fingerprint density at radius 3 is 1.56 bits per heavy atom. The van der Waals surface area contributed by atoms with Crippen molar-refractivity contribution in [3.05, 3.63) is 17.2 Å². The monoisotopic (exact) mass is 448 g/mol. The van der Waals surface area contributed by atoms with Gasteiger partial charge in [0, 0.05) is 17.2 Å². The summed E-state index contributed by atoms with van der Waals surface area (Å²) in [6.45, 7) is 0. The van der Waals surface area contributed by atoms with Crippen molar-refractivity contribution in [2.75, 3.05) is 0 Å². The first-order chi connectivity index (χ1) is 15.2. The van der Waals surface area contributed by atoms with Crippen molar-refractivity contribution >= 4 is 11.9 Å².